The molecular formula is C11H7ClFN5O2. The minimum Gasteiger partial charge on any atom is -0.379 e. The zero-order valence-corrected chi connectivity index (χ0v) is 10.6. The van der Waals surface area contributed by atoms with E-state index in [0.29, 0.717) is 16.4 Å². The lowest BCUT2D eigenvalue weighted by Gasteiger charge is -2.00. The van der Waals surface area contributed by atoms with Crippen LogP contribution in [-0.4, -0.2) is 20.5 Å². The monoisotopic (exact) mass is 295 g/mol. The van der Waals surface area contributed by atoms with Crippen molar-refractivity contribution in [3.63, 3.8) is 0 Å². The number of halogens is 2. The average Bonchev–Trinajstić information content (AvgIpc) is 3.01. The van der Waals surface area contributed by atoms with Gasteiger partial charge in [-0.15, -0.1) is 0 Å². The van der Waals surface area contributed by atoms with Crippen LogP contribution in [0.1, 0.15) is 11.4 Å². The van der Waals surface area contributed by atoms with Crippen LogP contribution in [0.3, 0.4) is 0 Å². The Hall–Kier alpha value is -2.48. The minimum absolute atomic E-state index is 0.0556. The highest BCUT2D eigenvalue weighted by Crippen LogP contribution is 2.23. The van der Waals surface area contributed by atoms with Gasteiger partial charge in [-0.1, -0.05) is 22.8 Å². The normalized spacial score (nSPS) is 10.9. The van der Waals surface area contributed by atoms with Gasteiger partial charge >= 0.3 is 0 Å². The average molecular weight is 296 g/mol. The van der Waals surface area contributed by atoms with Gasteiger partial charge in [-0.05, 0) is 28.0 Å². The molecule has 3 rings (SSSR count). The molecule has 0 radical (unpaired) electrons. The van der Waals surface area contributed by atoms with Gasteiger partial charge in [0.05, 0.1) is 0 Å². The molecule has 0 saturated heterocycles. The van der Waals surface area contributed by atoms with Gasteiger partial charge in [0.15, 0.2) is 5.82 Å². The number of nitrogens with two attached hydrogens (primary N) is 1. The van der Waals surface area contributed by atoms with Crippen LogP contribution >= 0.6 is 11.6 Å². The van der Waals surface area contributed by atoms with Crippen molar-refractivity contribution in [3.8, 4) is 11.6 Å². The van der Waals surface area contributed by atoms with Crippen LogP contribution < -0.4 is 5.73 Å². The maximum absolute atomic E-state index is 12.9. The number of benzene rings is 1. The summed E-state index contributed by atoms with van der Waals surface area (Å²) in [6.07, 6.45) is 0.286. The van der Waals surface area contributed by atoms with E-state index in [1.54, 1.807) is 6.07 Å². The lowest BCUT2D eigenvalue weighted by molar-refractivity contribution is 0.308. The summed E-state index contributed by atoms with van der Waals surface area (Å²) in [5, 5.41) is 11.0. The molecule has 0 atom stereocenters. The van der Waals surface area contributed by atoms with Gasteiger partial charge in [0.1, 0.15) is 5.82 Å². The summed E-state index contributed by atoms with van der Waals surface area (Å²) in [4.78, 5) is 4.10. The second-order valence-corrected chi connectivity index (χ2v) is 4.33. The molecule has 102 valence electrons. The predicted octanol–water partition coefficient (Wildman–Crippen LogP) is 2.09. The molecule has 0 aliphatic rings. The maximum Gasteiger partial charge on any atom is 0.284 e. The summed E-state index contributed by atoms with van der Waals surface area (Å²) >= 11 is 5.93. The Morgan fingerprint density at radius 1 is 1.25 bits per heavy atom. The van der Waals surface area contributed by atoms with Crippen molar-refractivity contribution in [3.05, 3.63) is 40.4 Å². The Kier molecular flexibility index (Phi) is 3.07. The molecule has 20 heavy (non-hydrogen) atoms. The summed E-state index contributed by atoms with van der Waals surface area (Å²) < 4.78 is 22.4. The lowest BCUT2D eigenvalue weighted by Crippen LogP contribution is -1.93. The van der Waals surface area contributed by atoms with E-state index >= 15 is 0 Å². The van der Waals surface area contributed by atoms with Gasteiger partial charge in [-0.2, -0.15) is 4.98 Å². The molecule has 0 aliphatic carbocycles. The molecule has 3 aromatic rings. The van der Waals surface area contributed by atoms with Crippen molar-refractivity contribution in [2.75, 3.05) is 5.73 Å². The van der Waals surface area contributed by atoms with E-state index in [0.717, 1.165) is 0 Å². The van der Waals surface area contributed by atoms with E-state index < -0.39 is 5.82 Å². The Morgan fingerprint density at radius 3 is 2.80 bits per heavy atom. The number of anilines is 1. The van der Waals surface area contributed by atoms with E-state index in [9.17, 15) is 4.39 Å². The van der Waals surface area contributed by atoms with Crippen LogP contribution in [0.4, 0.5) is 10.2 Å². The van der Waals surface area contributed by atoms with E-state index in [-0.39, 0.29) is 23.8 Å². The van der Waals surface area contributed by atoms with Crippen LogP contribution in [0.5, 0.6) is 0 Å². The highest BCUT2D eigenvalue weighted by atomic mass is 35.5. The molecule has 2 heterocycles. The fraction of sp³-hybridized carbons (Fsp3) is 0.0909. The molecule has 0 amide bonds. The first kappa shape index (κ1) is 12.5. The Labute approximate surface area is 116 Å². The molecule has 0 spiro atoms. The summed E-state index contributed by atoms with van der Waals surface area (Å²) in [6.45, 7) is 0. The quantitative estimate of drug-likeness (QED) is 0.788. The van der Waals surface area contributed by atoms with Crippen molar-refractivity contribution in [1.29, 1.82) is 0 Å². The highest BCUT2D eigenvalue weighted by Gasteiger charge is 2.17. The molecule has 7 nitrogen and oxygen atoms in total. The Balaban J connectivity index is 1.86. The lowest BCUT2D eigenvalue weighted by atomic mass is 10.1. The number of nitrogens with zero attached hydrogens (tertiary/aromatic N) is 4. The molecular weight excluding hydrogens is 289 g/mol. The van der Waals surface area contributed by atoms with Crippen LogP contribution in [0.2, 0.25) is 5.02 Å². The maximum atomic E-state index is 12.9. The number of rotatable bonds is 3. The Bertz CT molecular complexity index is 757. The molecule has 0 saturated carbocycles. The van der Waals surface area contributed by atoms with E-state index in [1.165, 1.54) is 12.1 Å². The summed E-state index contributed by atoms with van der Waals surface area (Å²) in [5.41, 5.74) is 6.37. The van der Waals surface area contributed by atoms with Gasteiger partial charge < -0.3 is 10.3 Å². The van der Waals surface area contributed by atoms with Crippen molar-refractivity contribution in [2.24, 2.45) is 0 Å². The van der Waals surface area contributed by atoms with Gasteiger partial charge in [0.25, 0.3) is 5.89 Å². The molecule has 0 unspecified atom stereocenters. The highest BCUT2D eigenvalue weighted by molar-refractivity contribution is 6.31. The van der Waals surface area contributed by atoms with Crippen LogP contribution in [0.15, 0.2) is 27.4 Å². The van der Waals surface area contributed by atoms with Gasteiger partial charge in [-0.25, -0.2) is 9.02 Å². The van der Waals surface area contributed by atoms with E-state index in [2.05, 4.69) is 25.1 Å². The molecule has 1 aromatic carbocycles. The van der Waals surface area contributed by atoms with Crippen LogP contribution in [0.25, 0.3) is 11.6 Å². The first-order valence-corrected chi connectivity index (χ1v) is 5.86. The minimum atomic E-state index is -0.408. The third-order valence-electron chi connectivity index (χ3n) is 2.55. The largest absolute Gasteiger partial charge is 0.379 e. The second-order valence-electron chi connectivity index (χ2n) is 3.93. The number of aromatic nitrogens is 4. The number of nitrogen functional groups attached to an aromatic ring is 1. The summed E-state index contributed by atoms with van der Waals surface area (Å²) in [5.74, 6) is 0.0990. The summed E-state index contributed by atoms with van der Waals surface area (Å²) in [6, 6.07) is 4.08. The first-order valence-electron chi connectivity index (χ1n) is 5.48. The predicted molar refractivity (Wildman–Crippen MR) is 66.2 cm³/mol. The van der Waals surface area contributed by atoms with Gasteiger partial charge in [-0.3, -0.25) is 0 Å². The van der Waals surface area contributed by atoms with Crippen LogP contribution in [0, 0.1) is 5.82 Å². The molecule has 2 aromatic heterocycles. The zero-order valence-electron chi connectivity index (χ0n) is 9.88. The topological polar surface area (TPSA) is 104 Å². The van der Waals surface area contributed by atoms with Crippen LogP contribution in [-0.2, 0) is 6.42 Å². The number of hydrogen-bond acceptors (Lipinski definition) is 7. The first-order chi connectivity index (χ1) is 9.63. The SMILES string of the molecule is Nc1nonc1-c1nc(Cc2ccc(F)cc2Cl)no1. The zero-order chi connectivity index (χ0) is 14.1. The van der Waals surface area contributed by atoms with Crippen molar-refractivity contribution in [1.82, 2.24) is 20.5 Å². The molecule has 9 heteroatoms. The molecule has 0 fully saturated rings. The van der Waals surface area contributed by atoms with Crippen molar-refractivity contribution in [2.45, 2.75) is 6.42 Å². The summed E-state index contributed by atoms with van der Waals surface area (Å²) in [7, 11) is 0. The second kappa shape index (κ2) is 4.89. The van der Waals surface area contributed by atoms with E-state index in [4.69, 9.17) is 21.9 Å². The van der Waals surface area contributed by atoms with Crippen molar-refractivity contribution >= 4 is 17.4 Å². The molecule has 2 N–H and O–H groups in total. The smallest absolute Gasteiger partial charge is 0.284 e. The third-order valence-corrected chi connectivity index (χ3v) is 2.90. The van der Waals surface area contributed by atoms with Crippen molar-refractivity contribution < 1.29 is 13.5 Å². The van der Waals surface area contributed by atoms with Gasteiger partial charge in [0, 0.05) is 11.4 Å². The number of hydrogen-bond donors (Lipinski definition) is 1. The standard InChI is InChI=1S/C11H7ClFN5O2/c12-7-4-6(13)2-1-5(7)3-8-15-11(19-16-8)9-10(14)18-20-17-9/h1-2,4H,3H2,(H2,14,18). The van der Waals surface area contributed by atoms with Gasteiger partial charge in [0.2, 0.25) is 11.5 Å². The fourth-order valence-electron chi connectivity index (χ4n) is 1.60. The Morgan fingerprint density at radius 2 is 2.10 bits per heavy atom. The third kappa shape index (κ3) is 2.32. The van der Waals surface area contributed by atoms with E-state index in [1.807, 2.05) is 0 Å². The molecule has 0 aliphatic heterocycles. The fourth-order valence-corrected chi connectivity index (χ4v) is 1.84. The molecule has 0 bridgehead atoms.